The van der Waals surface area contributed by atoms with E-state index in [1.54, 1.807) is 7.11 Å². The third-order valence-electron chi connectivity index (χ3n) is 5.56. The molecular formula is C22H25N3O3. The van der Waals surface area contributed by atoms with Crippen molar-refractivity contribution in [3.05, 3.63) is 59.8 Å². The molecule has 146 valence electrons. The zero-order chi connectivity index (χ0) is 19.5. The van der Waals surface area contributed by atoms with E-state index in [0.29, 0.717) is 17.4 Å². The lowest BCUT2D eigenvalue weighted by Crippen LogP contribution is -2.45. The average molecular weight is 379 g/mol. The summed E-state index contributed by atoms with van der Waals surface area (Å²) in [6, 6.07) is 15.8. The molecule has 1 amide bonds. The van der Waals surface area contributed by atoms with Crippen LogP contribution in [-0.4, -0.2) is 54.2 Å². The standard InChI is InChI=1S/C22H25N3O3/c1-24(15-19-17-7-3-6-10-21(17)28-23-19)16-11-13-25(14-12-16)22(26)18-8-4-5-9-20(18)27-2/h3-10,16H,11-15H2,1-2H3. The Hall–Kier alpha value is -2.86. The minimum atomic E-state index is 0.0426. The summed E-state index contributed by atoms with van der Waals surface area (Å²) in [4.78, 5) is 17.1. The van der Waals surface area contributed by atoms with E-state index in [9.17, 15) is 4.79 Å². The van der Waals surface area contributed by atoms with Gasteiger partial charge in [-0.15, -0.1) is 0 Å². The second-order valence-corrected chi connectivity index (χ2v) is 7.26. The Kier molecular flexibility index (Phi) is 5.30. The van der Waals surface area contributed by atoms with E-state index in [2.05, 4.69) is 17.1 Å². The summed E-state index contributed by atoms with van der Waals surface area (Å²) in [5.41, 5.74) is 2.42. The number of fused-ring (bicyclic) bond motifs is 1. The minimum absolute atomic E-state index is 0.0426. The first kappa shape index (κ1) is 18.5. The number of nitrogens with zero attached hydrogens (tertiary/aromatic N) is 3. The van der Waals surface area contributed by atoms with Gasteiger partial charge in [0.1, 0.15) is 11.4 Å². The highest BCUT2D eigenvalue weighted by Crippen LogP contribution is 2.25. The molecular weight excluding hydrogens is 354 g/mol. The van der Waals surface area contributed by atoms with Crippen molar-refractivity contribution in [1.82, 2.24) is 15.0 Å². The number of rotatable bonds is 5. The Morgan fingerprint density at radius 2 is 1.89 bits per heavy atom. The average Bonchev–Trinajstić information content (AvgIpc) is 3.16. The summed E-state index contributed by atoms with van der Waals surface area (Å²) in [6.45, 7) is 2.22. The minimum Gasteiger partial charge on any atom is -0.496 e. The fourth-order valence-electron chi connectivity index (χ4n) is 3.92. The van der Waals surface area contributed by atoms with Crippen molar-refractivity contribution in [3.8, 4) is 5.75 Å². The van der Waals surface area contributed by atoms with Crippen LogP contribution >= 0.6 is 0 Å². The van der Waals surface area contributed by atoms with Gasteiger partial charge in [-0.25, -0.2) is 0 Å². The first-order valence-electron chi connectivity index (χ1n) is 9.63. The Labute approximate surface area is 164 Å². The second kappa shape index (κ2) is 8.02. The number of likely N-dealkylation sites (tertiary alicyclic amines) is 1. The van der Waals surface area contributed by atoms with E-state index in [1.165, 1.54) is 0 Å². The lowest BCUT2D eigenvalue weighted by Gasteiger charge is -2.36. The largest absolute Gasteiger partial charge is 0.496 e. The van der Waals surface area contributed by atoms with Gasteiger partial charge in [0.05, 0.1) is 12.7 Å². The van der Waals surface area contributed by atoms with E-state index < -0.39 is 0 Å². The number of para-hydroxylation sites is 2. The molecule has 28 heavy (non-hydrogen) atoms. The van der Waals surface area contributed by atoms with E-state index in [0.717, 1.165) is 49.1 Å². The van der Waals surface area contributed by atoms with Crippen LogP contribution in [0.15, 0.2) is 53.1 Å². The Morgan fingerprint density at radius 3 is 2.68 bits per heavy atom. The number of hydrogen-bond donors (Lipinski definition) is 0. The van der Waals surface area contributed by atoms with Crippen molar-refractivity contribution in [1.29, 1.82) is 0 Å². The quantitative estimate of drug-likeness (QED) is 0.678. The van der Waals surface area contributed by atoms with E-state index >= 15 is 0 Å². The second-order valence-electron chi connectivity index (χ2n) is 7.26. The smallest absolute Gasteiger partial charge is 0.257 e. The van der Waals surface area contributed by atoms with E-state index in [1.807, 2.05) is 53.4 Å². The fourth-order valence-corrected chi connectivity index (χ4v) is 3.92. The number of methoxy groups -OCH3 is 1. The summed E-state index contributed by atoms with van der Waals surface area (Å²) in [5.74, 6) is 0.672. The number of amides is 1. The number of carbonyl (C=O) groups excluding carboxylic acids is 1. The first-order chi connectivity index (χ1) is 13.7. The molecule has 1 saturated heterocycles. The van der Waals surface area contributed by atoms with Crippen molar-refractivity contribution in [2.45, 2.75) is 25.4 Å². The molecule has 1 aliphatic rings. The van der Waals surface area contributed by atoms with Gasteiger partial charge in [0.2, 0.25) is 0 Å². The first-order valence-corrected chi connectivity index (χ1v) is 9.63. The Morgan fingerprint density at radius 1 is 1.18 bits per heavy atom. The third-order valence-corrected chi connectivity index (χ3v) is 5.56. The molecule has 0 saturated carbocycles. The van der Waals surface area contributed by atoms with Crippen molar-refractivity contribution >= 4 is 16.9 Å². The van der Waals surface area contributed by atoms with E-state index in [4.69, 9.17) is 9.26 Å². The molecule has 1 fully saturated rings. The van der Waals surface area contributed by atoms with Crippen LogP contribution in [0.4, 0.5) is 0 Å². The van der Waals surface area contributed by atoms with Crippen LogP contribution in [0.2, 0.25) is 0 Å². The van der Waals surface area contributed by atoms with Crippen molar-refractivity contribution in [2.75, 3.05) is 27.2 Å². The maximum atomic E-state index is 12.9. The predicted octanol–water partition coefficient (Wildman–Crippen LogP) is 3.57. The molecule has 2 heterocycles. The molecule has 0 spiro atoms. The van der Waals surface area contributed by atoms with Crippen LogP contribution in [0, 0.1) is 0 Å². The van der Waals surface area contributed by atoms with Crippen molar-refractivity contribution in [2.24, 2.45) is 0 Å². The maximum Gasteiger partial charge on any atom is 0.257 e. The van der Waals surface area contributed by atoms with Gasteiger partial charge in [0.25, 0.3) is 5.91 Å². The van der Waals surface area contributed by atoms with Crippen LogP contribution in [0.3, 0.4) is 0 Å². The van der Waals surface area contributed by atoms with Crippen molar-refractivity contribution in [3.63, 3.8) is 0 Å². The highest BCUT2D eigenvalue weighted by molar-refractivity contribution is 5.97. The fraction of sp³-hybridized carbons (Fsp3) is 0.364. The SMILES string of the molecule is COc1ccccc1C(=O)N1CCC(N(C)Cc2noc3ccccc23)CC1. The monoisotopic (exact) mass is 379 g/mol. The van der Waals surface area contributed by atoms with Crippen LogP contribution < -0.4 is 4.74 Å². The number of benzene rings is 2. The molecule has 0 bridgehead atoms. The van der Waals surface area contributed by atoms with Crippen LogP contribution in [0.25, 0.3) is 11.0 Å². The summed E-state index contributed by atoms with van der Waals surface area (Å²) in [7, 11) is 3.72. The molecule has 0 radical (unpaired) electrons. The van der Waals surface area contributed by atoms with Gasteiger partial charge in [-0.05, 0) is 44.2 Å². The van der Waals surface area contributed by atoms with E-state index in [-0.39, 0.29) is 5.91 Å². The molecule has 3 aromatic rings. The molecule has 0 N–H and O–H groups in total. The molecule has 0 atom stereocenters. The topological polar surface area (TPSA) is 58.8 Å². The lowest BCUT2D eigenvalue weighted by molar-refractivity contribution is 0.0635. The number of aromatic nitrogens is 1. The molecule has 1 aromatic heterocycles. The number of piperidine rings is 1. The van der Waals surface area contributed by atoms with Gasteiger partial charge in [-0.2, -0.15) is 0 Å². The zero-order valence-corrected chi connectivity index (χ0v) is 16.3. The molecule has 0 aliphatic carbocycles. The number of carbonyl (C=O) groups is 1. The number of ether oxygens (including phenoxy) is 1. The molecule has 6 nitrogen and oxygen atoms in total. The normalized spacial score (nSPS) is 15.3. The lowest BCUT2D eigenvalue weighted by atomic mass is 10.0. The van der Waals surface area contributed by atoms with Gasteiger partial charge < -0.3 is 14.2 Å². The van der Waals surface area contributed by atoms with Crippen molar-refractivity contribution < 1.29 is 14.1 Å². The zero-order valence-electron chi connectivity index (χ0n) is 16.3. The van der Waals surface area contributed by atoms with Gasteiger partial charge in [-0.1, -0.05) is 29.4 Å². The van der Waals surface area contributed by atoms with Crippen LogP contribution in [0.5, 0.6) is 5.75 Å². The predicted molar refractivity (Wildman–Crippen MR) is 107 cm³/mol. The third kappa shape index (κ3) is 3.60. The van der Waals surface area contributed by atoms with Crippen LogP contribution in [0.1, 0.15) is 28.9 Å². The van der Waals surface area contributed by atoms with Gasteiger partial charge in [0, 0.05) is 31.1 Å². The molecule has 4 rings (SSSR count). The van der Waals surface area contributed by atoms with Gasteiger partial charge in [0.15, 0.2) is 5.58 Å². The maximum absolute atomic E-state index is 12.9. The molecule has 2 aromatic carbocycles. The summed E-state index contributed by atoms with van der Waals surface area (Å²) >= 11 is 0. The molecule has 6 heteroatoms. The Balaban J connectivity index is 1.38. The highest BCUT2D eigenvalue weighted by atomic mass is 16.5. The Bertz CT molecular complexity index is 960. The summed E-state index contributed by atoms with van der Waals surface area (Å²) in [6.07, 6.45) is 1.88. The van der Waals surface area contributed by atoms with Crippen LogP contribution in [-0.2, 0) is 6.54 Å². The molecule has 0 unspecified atom stereocenters. The summed E-state index contributed by atoms with van der Waals surface area (Å²) < 4.78 is 10.8. The molecule has 1 aliphatic heterocycles. The number of hydrogen-bond acceptors (Lipinski definition) is 5. The van der Waals surface area contributed by atoms with Gasteiger partial charge in [-0.3, -0.25) is 9.69 Å². The summed E-state index contributed by atoms with van der Waals surface area (Å²) in [5, 5.41) is 5.30. The highest BCUT2D eigenvalue weighted by Gasteiger charge is 2.27. The van der Waals surface area contributed by atoms with Gasteiger partial charge >= 0.3 is 0 Å².